The molecule has 6 heteroatoms. The molecule has 1 aliphatic carbocycles. The first kappa shape index (κ1) is 14.7. The number of nitrogens with one attached hydrogen (secondary N) is 1. The van der Waals surface area contributed by atoms with E-state index in [1.165, 1.54) is 17.8 Å². The van der Waals surface area contributed by atoms with Crippen LogP contribution < -0.4 is 5.32 Å². The average Bonchev–Trinajstić information content (AvgIpc) is 2.97. The van der Waals surface area contributed by atoms with Crippen LogP contribution in [0, 0.1) is 5.92 Å². The summed E-state index contributed by atoms with van der Waals surface area (Å²) in [4.78, 5) is 12.2. The van der Waals surface area contributed by atoms with Gasteiger partial charge in [-0.05, 0) is 25.0 Å². The number of hydrogen-bond donors (Lipinski definition) is 1. The summed E-state index contributed by atoms with van der Waals surface area (Å²) < 4.78 is 1.00. The van der Waals surface area contributed by atoms with E-state index in [1.54, 1.807) is 0 Å². The van der Waals surface area contributed by atoms with Crippen molar-refractivity contribution >= 4 is 38.3 Å². The molecule has 0 spiro atoms. The standard InChI is InChI=1S/C15H16BrN3OS/c16-12-8-4-7-11(9-12)14-18-19-15(21-14)17-13(20)10-5-2-1-3-6-10/h4,7-10H,1-3,5-6H2,(H,17,19,20). The highest BCUT2D eigenvalue weighted by Gasteiger charge is 2.22. The Balaban J connectivity index is 1.69. The van der Waals surface area contributed by atoms with Gasteiger partial charge in [-0.1, -0.05) is 58.7 Å². The van der Waals surface area contributed by atoms with Crippen LogP contribution in [-0.4, -0.2) is 16.1 Å². The van der Waals surface area contributed by atoms with Crippen LogP contribution in [0.15, 0.2) is 28.7 Å². The number of amides is 1. The lowest BCUT2D eigenvalue weighted by Crippen LogP contribution is -2.24. The van der Waals surface area contributed by atoms with Crippen LogP contribution >= 0.6 is 27.3 Å². The highest BCUT2D eigenvalue weighted by molar-refractivity contribution is 9.10. The molecule has 1 saturated carbocycles. The Bertz CT molecular complexity index is 637. The Hall–Kier alpha value is -1.27. The molecule has 3 rings (SSSR count). The summed E-state index contributed by atoms with van der Waals surface area (Å²) in [5.41, 5.74) is 1.00. The zero-order valence-corrected chi connectivity index (χ0v) is 13.9. The molecule has 1 N–H and O–H groups in total. The van der Waals surface area contributed by atoms with Crippen molar-refractivity contribution in [2.24, 2.45) is 5.92 Å². The zero-order chi connectivity index (χ0) is 14.7. The van der Waals surface area contributed by atoms with Crippen molar-refractivity contribution in [3.05, 3.63) is 28.7 Å². The molecule has 0 radical (unpaired) electrons. The number of aromatic nitrogens is 2. The summed E-state index contributed by atoms with van der Waals surface area (Å²) in [5, 5.41) is 12.5. The van der Waals surface area contributed by atoms with Crippen LogP contribution in [0.2, 0.25) is 0 Å². The molecular weight excluding hydrogens is 350 g/mol. The molecule has 1 heterocycles. The maximum absolute atomic E-state index is 12.2. The predicted molar refractivity (Wildman–Crippen MR) is 88.2 cm³/mol. The van der Waals surface area contributed by atoms with E-state index in [0.717, 1.165) is 40.7 Å². The largest absolute Gasteiger partial charge is 0.300 e. The minimum absolute atomic E-state index is 0.0895. The van der Waals surface area contributed by atoms with Crippen LogP contribution in [-0.2, 0) is 4.79 Å². The second-order valence-electron chi connectivity index (χ2n) is 5.25. The van der Waals surface area contributed by atoms with Crippen LogP contribution in [0.4, 0.5) is 5.13 Å². The minimum Gasteiger partial charge on any atom is -0.300 e. The number of rotatable bonds is 3. The quantitative estimate of drug-likeness (QED) is 0.871. The summed E-state index contributed by atoms with van der Waals surface area (Å²) in [6, 6.07) is 7.91. The number of anilines is 1. The first-order valence-electron chi connectivity index (χ1n) is 7.13. The Morgan fingerprint density at radius 2 is 2.05 bits per heavy atom. The Morgan fingerprint density at radius 3 is 2.81 bits per heavy atom. The molecule has 1 aliphatic rings. The van der Waals surface area contributed by atoms with E-state index in [-0.39, 0.29) is 11.8 Å². The minimum atomic E-state index is 0.0895. The average molecular weight is 366 g/mol. The molecule has 0 aliphatic heterocycles. The monoisotopic (exact) mass is 365 g/mol. The maximum atomic E-state index is 12.2. The van der Waals surface area contributed by atoms with Gasteiger partial charge in [0.15, 0.2) is 0 Å². The normalized spacial score (nSPS) is 15.9. The summed E-state index contributed by atoms with van der Waals surface area (Å²) in [6.07, 6.45) is 5.52. The Labute approximate surface area is 136 Å². The third-order valence-electron chi connectivity index (χ3n) is 3.70. The Morgan fingerprint density at radius 1 is 1.24 bits per heavy atom. The van der Waals surface area contributed by atoms with Gasteiger partial charge in [0.1, 0.15) is 5.01 Å². The predicted octanol–water partition coefficient (Wildman–Crippen LogP) is 4.49. The van der Waals surface area contributed by atoms with Crippen molar-refractivity contribution in [2.75, 3.05) is 5.32 Å². The SMILES string of the molecule is O=C(Nc1nnc(-c2cccc(Br)c2)s1)C1CCCCC1. The van der Waals surface area contributed by atoms with Gasteiger partial charge in [-0.3, -0.25) is 4.79 Å². The molecule has 0 unspecified atom stereocenters. The van der Waals surface area contributed by atoms with Crippen molar-refractivity contribution in [1.29, 1.82) is 0 Å². The van der Waals surface area contributed by atoms with E-state index in [4.69, 9.17) is 0 Å². The number of benzene rings is 1. The molecule has 4 nitrogen and oxygen atoms in total. The van der Waals surface area contributed by atoms with Crippen molar-refractivity contribution in [2.45, 2.75) is 32.1 Å². The molecule has 1 aromatic heterocycles. The number of carbonyl (C=O) groups is 1. The molecule has 1 fully saturated rings. The molecule has 0 saturated heterocycles. The van der Waals surface area contributed by atoms with Gasteiger partial charge in [-0.15, -0.1) is 10.2 Å². The van der Waals surface area contributed by atoms with Crippen LogP contribution in [0.25, 0.3) is 10.6 Å². The molecule has 0 atom stereocenters. The molecule has 21 heavy (non-hydrogen) atoms. The van der Waals surface area contributed by atoms with E-state index in [0.29, 0.717) is 5.13 Å². The molecule has 1 aromatic carbocycles. The van der Waals surface area contributed by atoms with Gasteiger partial charge in [0.25, 0.3) is 0 Å². The topological polar surface area (TPSA) is 54.9 Å². The van der Waals surface area contributed by atoms with Gasteiger partial charge < -0.3 is 5.32 Å². The lowest BCUT2D eigenvalue weighted by atomic mass is 9.89. The second kappa shape index (κ2) is 6.66. The second-order valence-corrected chi connectivity index (χ2v) is 7.14. The maximum Gasteiger partial charge on any atom is 0.229 e. The van der Waals surface area contributed by atoms with E-state index in [2.05, 4.69) is 31.4 Å². The van der Waals surface area contributed by atoms with Crippen LogP contribution in [0.5, 0.6) is 0 Å². The summed E-state index contributed by atoms with van der Waals surface area (Å²) >= 11 is 4.86. The highest BCUT2D eigenvalue weighted by atomic mass is 79.9. The van der Waals surface area contributed by atoms with Crippen molar-refractivity contribution < 1.29 is 4.79 Å². The first-order valence-corrected chi connectivity index (χ1v) is 8.73. The van der Waals surface area contributed by atoms with E-state index in [9.17, 15) is 4.79 Å². The third kappa shape index (κ3) is 3.68. The molecule has 1 amide bonds. The van der Waals surface area contributed by atoms with Gasteiger partial charge >= 0.3 is 0 Å². The fraction of sp³-hybridized carbons (Fsp3) is 0.400. The zero-order valence-electron chi connectivity index (χ0n) is 11.5. The Kier molecular flexibility index (Phi) is 4.65. The fourth-order valence-corrected chi connectivity index (χ4v) is 3.73. The molecule has 110 valence electrons. The summed E-state index contributed by atoms with van der Waals surface area (Å²) in [6.45, 7) is 0. The van der Waals surface area contributed by atoms with Gasteiger partial charge in [0.05, 0.1) is 0 Å². The van der Waals surface area contributed by atoms with Gasteiger partial charge in [0.2, 0.25) is 11.0 Å². The molecule has 0 bridgehead atoms. The number of nitrogens with zero attached hydrogens (tertiary/aromatic N) is 2. The lowest BCUT2D eigenvalue weighted by molar-refractivity contribution is -0.120. The third-order valence-corrected chi connectivity index (χ3v) is 5.08. The van der Waals surface area contributed by atoms with Crippen molar-refractivity contribution in [1.82, 2.24) is 10.2 Å². The van der Waals surface area contributed by atoms with Crippen molar-refractivity contribution in [3.63, 3.8) is 0 Å². The number of hydrogen-bond acceptors (Lipinski definition) is 4. The molecule has 2 aromatic rings. The highest BCUT2D eigenvalue weighted by Crippen LogP contribution is 2.29. The lowest BCUT2D eigenvalue weighted by Gasteiger charge is -2.19. The summed E-state index contributed by atoms with van der Waals surface area (Å²) in [5.74, 6) is 0.226. The van der Waals surface area contributed by atoms with Crippen LogP contribution in [0.1, 0.15) is 32.1 Å². The fourth-order valence-electron chi connectivity index (χ4n) is 2.58. The van der Waals surface area contributed by atoms with Crippen molar-refractivity contribution in [3.8, 4) is 10.6 Å². The smallest absolute Gasteiger partial charge is 0.229 e. The molecular formula is C15H16BrN3OS. The van der Waals surface area contributed by atoms with Crippen LogP contribution in [0.3, 0.4) is 0 Å². The first-order chi connectivity index (χ1) is 10.2. The van der Waals surface area contributed by atoms with Gasteiger partial charge in [-0.2, -0.15) is 0 Å². The number of halogens is 1. The van der Waals surface area contributed by atoms with Gasteiger partial charge in [-0.25, -0.2) is 0 Å². The van der Waals surface area contributed by atoms with E-state index >= 15 is 0 Å². The summed E-state index contributed by atoms with van der Waals surface area (Å²) in [7, 11) is 0. The number of carbonyl (C=O) groups excluding carboxylic acids is 1. The van der Waals surface area contributed by atoms with E-state index in [1.807, 2.05) is 24.3 Å². The van der Waals surface area contributed by atoms with E-state index < -0.39 is 0 Å². The van der Waals surface area contributed by atoms with Gasteiger partial charge in [0, 0.05) is 16.0 Å².